The number of fused-ring (bicyclic) bond motifs is 3. The summed E-state index contributed by atoms with van der Waals surface area (Å²) in [6, 6.07) is 59.0. The van der Waals surface area contributed by atoms with Crippen LogP contribution in [0.1, 0.15) is 12.5 Å². The average molecular weight is 759 g/mol. The first-order valence-corrected chi connectivity index (χ1v) is 18.9. The standard InChI is InChI=1S/C45H27N5.C4H5N.C4H6/c46-28-29-14-13-19-32(26-29)43-44(48-38-25-12-11-24-37(38)47-43)41-33-20-7-9-22-35(33)42(36-23-10-8-21-34(36)41)45-49-39(30-15-3-1-4-16-30)27-40(50-45)31-17-5-2-6-18-31;1-4(2)3-5;1-3-4-2/h1-27H;1H2,2H3;3-4H,1-2H2. The quantitative estimate of drug-likeness (QED) is 0.0951. The summed E-state index contributed by atoms with van der Waals surface area (Å²) >= 11 is 0. The highest BCUT2D eigenvalue weighted by molar-refractivity contribution is 6.21. The molecule has 0 saturated carbocycles. The highest BCUT2D eigenvalue weighted by Gasteiger charge is 2.23. The molecule has 0 aliphatic carbocycles. The molecule has 9 aromatic rings. The molecule has 0 fully saturated rings. The fourth-order valence-corrected chi connectivity index (χ4v) is 6.81. The maximum absolute atomic E-state index is 9.78. The molecule has 7 aromatic carbocycles. The normalized spacial score (nSPS) is 10.3. The lowest BCUT2D eigenvalue weighted by atomic mass is 9.88. The first-order chi connectivity index (χ1) is 28.9. The molecule has 0 aliphatic heterocycles. The maximum Gasteiger partial charge on any atom is 0.161 e. The lowest BCUT2D eigenvalue weighted by molar-refractivity contribution is 1.19. The van der Waals surface area contributed by atoms with E-state index in [4.69, 9.17) is 25.2 Å². The Bertz CT molecular complexity index is 2960. The molecule has 59 heavy (non-hydrogen) atoms. The predicted octanol–water partition coefficient (Wildman–Crippen LogP) is 13.4. The van der Waals surface area contributed by atoms with Crippen LogP contribution >= 0.6 is 0 Å². The van der Waals surface area contributed by atoms with Gasteiger partial charge in [0.05, 0.1) is 51.5 Å². The van der Waals surface area contributed by atoms with Crippen molar-refractivity contribution in [1.29, 1.82) is 10.5 Å². The molecule has 0 spiro atoms. The minimum absolute atomic E-state index is 0.560. The van der Waals surface area contributed by atoms with Crippen LogP contribution in [0.3, 0.4) is 0 Å². The van der Waals surface area contributed by atoms with Crippen molar-refractivity contribution in [2.45, 2.75) is 6.92 Å². The summed E-state index contributed by atoms with van der Waals surface area (Å²) in [6.45, 7) is 11.7. The van der Waals surface area contributed by atoms with Crippen LogP contribution in [0.15, 0.2) is 201 Å². The van der Waals surface area contributed by atoms with E-state index in [-0.39, 0.29) is 0 Å². The number of rotatable bonds is 6. The molecule has 0 saturated heterocycles. The number of aromatic nitrogens is 4. The van der Waals surface area contributed by atoms with E-state index in [2.05, 4.69) is 105 Å². The van der Waals surface area contributed by atoms with Gasteiger partial charge in [-0.1, -0.05) is 165 Å². The van der Waals surface area contributed by atoms with Crippen molar-refractivity contribution >= 4 is 32.6 Å². The van der Waals surface area contributed by atoms with Gasteiger partial charge in [-0.3, -0.25) is 0 Å². The average Bonchev–Trinajstić information content (AvgIpc) is 3.31. The number of allylic oxidation sites excluding steroid dienone is 3. The van der Waals surface area contributed by atoms with E-state index in [9.17, 15) is 5.26 Å². The van der Waals surface area contributed by atoms with Gasteiger partial charge in [0.2, 0.25) is 0 Å². The van der Waals surface area contributed by atoms with Crippen LogP contribution in [0.2, 0.25) is 0 Å². The summed E-state index contributed by atoms with van der Waals surface area (Å²) in [6.07, 6.45) is 3.28. The van der Waals surface area contributed by atoms with E-state index in [1.165, 1.54) is 0 Å². The van der Waals surface area contributed by atoms with Gasteiger partial charge in [-0.15, -0.1) is 0 Å². The van der Waals surface area contributed by atoms with Crippen molar-refractivity contribution in [2.75, 3.05) is 0 Å². The molecule has 9 rings (SSSR count). The summed E-state index contributed by atoms with van der Waals surface area (Å²) in [5, 5.41) is 21.6. The fraction of sp³-hybridized carbons (Fsp3) is 0.0189. The SMILES string of the molecule is C=C(C)C#N.C=CC=C.N#Cc1cccc(-c2nc3ccccc3nc2-c2c3ccccc3c(-c3nc(-c4ccccc4)cc(-c4ccccc4)n3)c3ccccc23)c1. The topological polar surface area (TPSA) is 99.1 Å². The molecule has 6 nitrogen and oxygen atoms in total. The molecule has 0 N–H and O–H groups in total. The Hall–Kier alpha value is -8.32. The third-order valence-electron chi connectivity index (χ3n) is 9.45. The van der Waals surface area contributed by atoms with Gasteiger partial charge in [-0.2, -0.15) is 10.5 Å². The summed E-state index contributed by atoms with van der Waals surface area (Å²) < 4.78 is 0. The van der Waals surface area contributed by atoms with Crippen LogP contribution in [0.4, 0.5) is 0 Å². The molecule has 0 unspecified atom stereocenters. The Kier molecular flexibility index (Phi) is 11.9. The van der Waals surface area contributed by atoms with Gasteiger partial charge in [0.15, 0.2) is 5.82 Å². The van der Waals surface area contributed by atoms with Crippen LogP contribution in [0.5, 0.6) is 0 Å². The Morgan fingerprint density at radius 1 is 0.492 bits per heavy atom. The summed E-state index contributed by atoms with van der Waals surface area (Å²) in [7, 11) is 0. The molecule has 0 atom stereocenters. The van der Waals surface area contributed by atoms with Crippen molar-refractivity contribution in [2.24, 2.45) is 0 Å². The highest BCUT2D eigenvalue weighted by atomic mass is 14.9. The van der Waals surface area contributed by atoms with E-state index < -0.39 is 0 Å². The third-order valence-corrected chi connectivity index (χ3v) is 9.45. The first-order valence-electron chi connectivity index (χ1n) is 18.9. The predicted molar refractivity (Wildman–Crippen MR) is 243 cm³/mol. The number of para-hydroxylation sites is 2. The Labute approximate surface area is 344 Å². The van der Waals surface area contributed by atoms with E-state index in [0.717, 1.165) is 83.2 Å². The fourth-order valence-electron chi connectivity index (χ4n) is 6.81. The van der Waals surface area contributed by atoms with Crippen molar-refractivity contribution in [3.8, 4) is 68.6 Å². The summed E-state index contributed by atoms with van der Waals surface area (Å²) in [5.74, 6) is 0.649. The third kappa shape index (κ3) is 8.44. The number of nitriles is 2. The van der Waals surface area contributed by atoms with Gasteiger partial charge in [0.1, 0.15) is 0 Å². The Balaban J connectivity index is 0.000000534. The van der Waals surface area contributed by atoms with E-state index >= 15 is 0 Å². The molecular formula is C53H38N6. The molecule has 0 bridgehead atoms. The summed E-state index contributed by atoms with van der Waals surface area (Å²) in [4.78, 5) is 21.0. The van der Waals surface area contributed by atoms with Crippen LogP contribution in [0.25, 0.3) is 89.0 Å². The zero-order valence-corrected chi connectivity index (χ0v) is 32.5. The molecule has 0 radical (unpaired) electrons. The molecule has 280 valence electrons. The zero-order chi connectivity index (χ0) is 41.1. The second-order valence-electron chi connectivity index (χ2n) is 13.5. The van der Waals surface area contributed by atoms with Crippen molar-refractivity contribution in [3.05, 3.63) is 207 Å². The van der Waals surface area contributed by atoms with Crippen LogP contribution in [-0.4, -0.2) is 19.9 Å². The monoisotopic (exact) mass is 758 g/mol. The first kappa shape index (κ1) is 38.9. The zero-order valence-electron chi connectivity index (χ0n) is 32.5. The lowest BCUT2D eigenvalue weighted by Crippen LogP contribution is -2.00. The van der Waals surface area contributed by atoms with E-state index in [1.807, 2.05) is 91.0 Å². The molecule has 2 heterocycles. The maximum atomic E-state index is 9.78. The Morgan fingerprint density at radius 3 is 1.37 bits per heavy atom. The largest absolute Gasteiger partial charge is 0.244 e. The smallest absolute Gasteiger partial charge is 0.161 e. The van der Waals surface area contributed by atoms with Gasteiger partial charge in [0, 0.05) is 33.4 Å². The number of nitrogens with zero attached hydrogens (tertiary/aromatic N) is 6. The van der Waals surface area contributed by atoms with Crippen LogP contribution in [0, 0.1) is 22.7 Å². The highest BCUT2D eigenvalue weighted by Crippen LogP contribution is 2.45. The van der Waals surface area contributed by atoms with Gasteiger partial charge in [0.25, 0.3) is 0 Å². The van der Waals surface area contributed by atoms with Crippen molar-refractivity contribution < 1.29 is 0 Å². The minimum atomic E-state index is 0.560. The molecule has 0 amide bonds. The second-order valence-corrected chi connectivity index (χ2v) is 13.5. The number of hydrogen-bond acceptors (Lipinski definition) is 6. The van der Waals surface area contributed by atoms with E-state index in [1.54, 1.807) is 19.1 Å². The molecular weight excluding hydrogens is 721 g/mol. The molecule has 2 aromatic heterocycles. The second kappa shape index (κ2) is 18.1. The van der Waals surface area contributed by atoms with Gasteiger partial charge < -0.3 is 0 Å². The van der Waals surface area contributed by atoms with E-state index in [0.29, 0.717) is 17.0 Å². The molecule has 0 aliphatic rings. The lowest BCUT2D eigenvalue weighted by Gasteiger charge is -2.19. The van der Waals surface area contributed by atoms with Gasteiger partial charge >= 0.3 is 0 Å². The van der Waals surface area contributed by atoms with Crippen LogP contribution in [-0.2, 0) is 0 Å². The number of hydrogen-bond donors (Lipinski definition) is 0. The summed E-state index contributed by atoms with van der Waals surface area (Å²) in [5.41, 5.74) is 10.7. The molecule has 6 heteroatoms. The number of benzene rings is 7. The Morgan fingerprint density at radius 2 is 0.915 bits per heavy atom. The minimum Gasteiger partial charge on any atom is -0.244 e. The van der Waals surface area contributed by atoms with Crippen molar-refractivity contribution in [3.63, 3.8) is 0 Å². The van der Waals surface area contributed by atoms with Gasteiger partial charge in [-0.25, -0.2) is 19.9 Å². The van der Waals surface area contributed by atoms with Gasteiger partial charge in [-0.05, 0) is 58.8 Å². The van der Waals surface area contributed by atoms with Crippen LogP contribution < -0.4 is 0 Å². The van der Waals surface area contributed by atoms with Crippen molar-refractivity contribution in [1.82, 2.24) is 19.9 Å².